The molecule has 0 radical (unpaired) electrons. The number of ether oxygens (including phenoxy) is 2. The average molecular weight is 232 g/mol. The third kappa shape index (κ3) is 4.05. The Labute approximate surface area is 95.3 Å². The SMILES string of the molecule is COCCNC(=O)C(C)NC1COCC1O. The Kier molecular flexibility index (Phi) is 5.68. The van der Waals surface area contributed by atoms with E-state index in [1.54, 1.807) is 14.0 Å². The van der Waals surface area contributed by atoms with Crippen molar-refractivity contribution in [3.8, 4) is 0 Å². The summed E-state index contributed by atoms with van der Waals surface area (Å²) < 4.78 is 9.91. The molecule has 0 spiro atoms. The number of methoxy groups -OCH3 is 1. The fourth-order valence-corrected chi connectivity index (χ4v) is 1.53. The van der Waals surface area contributed by atoms with Crippen LogP contribution in [0.1, 0.15) is 6.92 Å². The first kappa shape index (κ1) is 13.4. The molecule has 1 aliphatic rings. The number of carbonyl (C=O) groups excluding carboxylic acids is 1. The summed E-state index contributed by atoms with van der Waals surface area (Å²) >= 11 is 0. The van der Waals surface area contributed by atoms with Crippen molar-refractivity contribution in [2.75, 3.05) is 33.5 Å². The number of amides is 1. The highest BCUT2D eigenvalue weighted by atomic mass is 16.5. The average Bonchev–Trinajstić information content (AvgIpc) is 2.64. The van der Waals surface area contributed by atoms with Crippen LogP contribution >= 0.6 is 0 Å². The van der Waals surface area contributed by atoms with E-state index in [4.69, 9.17) is 9.47 Å². The summed E-state index contributed by atoms with van der Waals surface area (Å²) in [5.41, 5.74) is 0. The van der Waals surface area contributed by atoms with Crippen molar-refractivity contribution in [3.63, 3.8) is 0 Å². The molecule has 0 aromatic heterocycles. The number of carbonyl (C=O) groups is 1. The zero-order valence-electron chi connectivity index (χ0n) is 9.73. The Bertz CT molecular complexity index is 225. The van der Waals surface area contributed by atoms with Gasteiger partial charge in [-0.25, -0.2) is 0 Å². The van der Waals surface area contributed by atoms with E-state index in [9.17, 15) is 9.90 Å². The zero-order chi connectivity index (χ0) is 12.0. The molecular formula is C10H20N2O4. The second kappa shape index (κ2) is 6.80. The summed E-state index contributed by atoms with van der Waals surface area (Å²) in [5.74, 6) is -0.101. The molecule has 0 aromatic carbocycles. The van der Waals surface area contributed by atoms with Gasteiger partial charge in [0.25, 0.3) is 0 Å². The number of aliphatic hydroxyl groups excluding tert-OH is 1. The van der Waals surface area contributed by atoms with Crippen molar-refractivity contribution in [1.82, 2.24) is 10.6 Å². The molecule has 1 amide bonds. The number of hydrogen-bond acceptors (Lipinski definition) is 5. The van der Waals surface area contributed by atoms with Gasteiger partial charge >= 0.3 is 0 Å². The fourth-order valence-electron chi connectivity index (χ4n) is 1.53. The second-order valence-corrected chi connectivity index (χ2v) is 3.88. The predicted molar refractivity (Wildman–Crippen MR) is 58.1 cm³/mol. The lowest BCUT2D eigenvalue weighted by molar-refractivity contribution is -0.123. The third-order valence-electron chi connectivity index (χ3n) is 2.51. The van der Waals surface area contributed by atoms with Gasteiger partial charge < -0.3 is 19.9 Å². The maximum Gasteiger partial charge on any atom is 0.236 e. The van der Waals surface area contributed by atoms with Crippen LogP contribution in [-0.4, -0.2) is 62.7 Å². The van der Waals surface area contributed by atoms with Crippen molar-refractivity contribution in [2.24, 2.45) is 0 Å². The van der Waals surface area contributed by atoms with Crippen molar-refractivity contribution in [3.05, 3.63) is 0 Å². The van der Waals surface area contributed by atoms with Gasteiger partial charge in [0, 0.05) is 13.7 Å². The lowest BCUT2D eigenvalue weighted by Crippen LogP contribution is -2.50. The van der Waals surface area contributed by atoms with Crippen LogP contribution in [0.2, 0.25) is 0 Å². The molecule has 1 saturated heterocycles. The monoisotopic (exact) mass is 232 g/mol. The molecule has 1 rings (SSSR count). The summed E-state index contributed by atoms with van der Waals surface area (Å²) in [6.07, 6.45) is -0.533. The van der Waals surface area contributed by atoms with E-state index >= 15 is 0 Å². The first-order valence-corrected chi connectivity index (χ1v) is 5.43. The van der Waals surface area contributed by atoms with E-state index in [1.165, 1.54) is 0 Å². The molecule has 0 saturated carbocycles. The van der Waals surface area contributed by atoms with E-state index in [1.807, 2.05) is 0 Å². The highest BCUT2D eigenvalue weighted by Gasteiger charge is 2.28. The largest absolute Gasteiger partial charge is 0.389 e. The fraction of sp³-hybridized carbons (Fsp3) is 0.900. The van der Waals surface area contributed by atoms with Gasteiger partial charge in [-0.15, -0.1) is 0 Å². The normalized spacial score (nSPS) is 26.7. The lowest BCUT2D eigenvalue weighted by atomic mass is 10.2. The van der Waals surface area contributed by atoms with Crippen molar-refractivity contribution in [1.29, 1.82) is 0 Å². The molecule has 3 unspecified atom stereocenters. The van der Waals surface area contributed by atoms with Crippen LogP contribution in [0.3, 0.4) is 0 Å². The van der Waals surface area contributed by atoms with Crippen LogP contribution < -0.4 is 10.6 Å². The molecule has 16 heavy (non-hydrogen) atoms. The summed E-state index contributed by atoms with van der Waals surface area (Å²) in [5, 5.41) is 15.2. The first-order valence-electron chi connectivity index (χ1n) is 5.43. The zero-order valence-corrected chi connectivity index (χ0v) is 9.73. The van der Waals surface area contributed by atoms with Crippen molar-refractivity contribution >= 4 is 5.91 Å². The van der Waals surface area contributed by atoms with Gasteiger partial charge in [0.2, 0.25) is 5.91 Å². The maximum atomic E-state index is 11.6. The first-order chi connectivity index (χ1) is 7.65. The Morgan fingerprint density at radius 2 is 2.38 bits per heavy atom. The van der Waals surface area contributed by atoms with E-state index in [0.717, 1.165) is 0 Å². The Morgan fingerprint density at radius 1 is 1.62 bits per heavy atom. The number of rotatable bonds is 6. The Morgan fingerprint density at radius 3 is 2.94 bits per heavy atom. The van der Waals surface area contributed by atoms with E-state index in [-0.39, 0.29) is 18.0 Å². The van der Waals surface area contributed by atoms with Crippen LogP contribution in [0, 0.1) is 0 Å². The molecule has 1 heterocycles. The molecule has 94 valence electrons. The molecule has 3 atom stereocenters. The van der Waals surface area contributed by atoms with Gasteiger partial charge in [-0.05, 0) is 6.92 Å². The number of hydrogen-bond donors (Lipinski definition) is 3. The number of aliphatic hydroxyl groups is 1. The summed E-state index contributed by atoms with van der Waals surface area (Å²) in [6, 6.07) is -0.513. The molecule has 6 nitrogen and oxygen atoms in total. The van der Waals surface area contributed by atoms with Gasteiger partial charge in [-0.2, -0.15) is 0 Å². The summed E-state index contributed by atoms with van der Waals surface area (Å²) in [6.45, 7) is 3.51. The van der Waals surface area contributed by atoms with Gasteiger partial charge in [0.15, 0.2) is 0 Å². The molecule has 1 fully saturated rings. The van der Waals surface area contributed by atoms with Crippen molar-refractivity contribution in [2.45, 2.75) is 25.1 Å². The second-order valence-electron chi connectivity index (χ2n) is 3.88. The molecule has 0 bridgehead atoms. The van der Waals surface area contributed by atoms with E-state index in [0.29, 0.717) is 26.4 Å². The predicted octanol–water partition coefficient (Wildman–Crippen LogP) is -1.51. The van der Waals surface area contributed by atoms with E-state index < -0.39 is 6.10 Å². The smallest absolute Gasteiger partial charge is 0.236 e. The van der Waals surface area contributed by atoms with Gasteiger partial charge in [0.1, 0.15) is 0 Å². The van der Waals surface area contributed by atoms with Crippen molar-refractivity contribution < 1.29 is 19.4 Å². The van der Waals surface area contributed by atoms with Crippen LogP contribution in [-0.2, 0) is 14.3 Å². The lowest BCUT2D eigenvalue weighted by Gasteiger charge is -2.20. The van der Waals surface area contributed by atoms with Crippen LogP contribution in [0.4, 0.5) is 0 Å². The van der Waals surface area contributed by atoms with E-state index in [2.05, 4.69) is 10.6 Å². The topological polar surface area (TPSA) is 79.8 Å². The Balaban J connectivity index is 2.22. The molecule has 0 aliphatic carbocycles. The minimum Gasteiger partial charge on any atom is -0.389 e. The highest BCUT2D eigenvalue weighted by Crippen LogP contribution is 2.05. The highest BCUT2D eigenvalue weighted by molar-refractivity contribution is 5.81. The minimum absolute atomic E-state index is 0.101. The molecule has 1 aliphatic heterocycles. The molecule has 6 heteroatoms. The summed E-state index contributed by atoms with van der Waals surface area (Å²) in [7, 11) is 1.58. The minimum atomic E-state index is -0.533. The Hall–Kier alpha value is -0.690. The molecule has 3 N–H and O–H groups in total. The third-order valence-corrected chi connectivity index (χ3v) is 2.51. The van der Waals surface area contributed by atoms with Crippen LogP contribution in [0.5, 0.6) is 0 Å². The standard InChI is InChI=1S/C10H20N2O4/c1-7(10(14)11-3-4-15-2)12-8-5-16-6-9(8)13/h7-9,12-13H,3-6H2,1-2H3,(H,11,14). The maximum absolute atomic E-state index is 11.6. The van der Waals surface area contributed by atoms with Gasteiger partial charge in [0.05, 0.1) is 38.0 Å². The quantitative estimate of drug-likeness (QED) is 0.485. The van der Waals surface area contributed by atoms with Gasteiger partial charge in [-0.3, -0.25) is 10.1 Å². The van der Waals surface area contributed by atoms with Crippen LogP contribution in [0.25, 0.3) is 0 Å². The number of nitrogens with one attached hydrogen (secondary N) is 2. The molecular weight excluding hydrogens is 212 g/mol. The van der Waals surface area contributed by atoms with Gasteiger partial charge in [-0.1, -0.05) is 0 Å². The van der Waals surface area contributed by atoms with Crippen LogP contribution in [0.15, 0.2) is 0 Å². The summed E-state index contributed by atoms with van der Waals surface area (Å²) in [4.78, 5) is 11.6. The molecule has 0 aromatic rings.